The van der Waals surface area contributed by atoms with E-state index in [0.29, 0.717) is 26.2 Å². The van der Waals surface area contributed by atoms with E-state index in [4.69, 9.17) is 19.3 Å². The second-order valence-corrected chi connectivity index (χ2v) is 7.37. The fourth-order valence-electron chi connectivity index (χ4n) is 3.91. The molecular formula is C23H27N3O4. The molecule has 1 fully saturated rings. The SMILES string of the molecule is COc1ccc(OC)c(C2CC(c3ccccc3)=NN2C(=O)CN2CCOCC2)c1. The molecule has 158 valence electrons. The summed E-state index contributed by atoms with van der Waals surface area (Å²) in [5, 5.41) is 6.38. The van der Waals surface area contributed by atoms with Crippen molar-refractivity contribution >= 4 is 11.6 Å². The molecule has 2 aromatic carbocycles. The Balaban J connectivity index is 1.66. The monoisotopic (exact) mass is 409 g/mol. The van der Waals surface area contributed by atoms with E-state index < -0.39 is 0 Å². The lowest BCUT2D eigenvalue weighted by Crippen LogP contribution is -2.43. The molecule has 30 heavy (non-hydrogen) atoms. The molecule has 0 aromatic heterocycles. The van der Waals surface area contributed by atoms with E-state index >= 15 is 0 Å². The Morgan fingerprint density at radius 1 is 1.10 bits per heavy atom. The van der Waals surface area contributed by atoms with Crippen LogP contribution in [0.1, 0.15) is 23.6 Å². The summed E-state index contributed by atoms with van der Waals surface area (Å²) >= 11 is 0. The first-order chi connectivity index (χ1) is 14.7. The average molecular weight is 409 g/mol. The zero-order chi connectivity index (χ0) is 20.9. The fraction of sp³-hybridized carbons (Fsp3) is 0.391. The molecule has 4 rings (SSSR count). The highest BCUT2D eigenvalue weighted by molar-refractivity contribution is 6.03. The van der Waals surface area contributed by atoms with Crippen LogP contribution in [0.4, 0.5) is 0 Å². The first-order valence-electron chi connectivity index (χ1n) is 10.2. The van der Waals surface area contributed by atoms with Gasteiger partial charge in [0, 0.05) is 25.1 Å². The molecule has 7 heteroatoms. The average Bonchev–Trinajstić information content (AvgIpc) is 3.25. The standard InChI is InChI=1S/C23H27N3O4/c1-28-18-8-9-22(29-2)19(14-18)21-15-20(17-6-4-3-5-7-17)24-26(21)23(27)16-25-10-12-30-13-11-25/h3-9,14,21H,10-13,15-16H2,1-2H3. The van der Waals surface area contributed by atoms with Gasteiger partial charge in [0.05, 0.1) is 45.7 Å². The van der Waals surface area contributed by atoms with Crippen LogP contribution in [0.2, 0.25) is 0 Å². The number of morpholine rings is 1. The van der Waals surface area contributed by atoms with Crippen LogP contribution in [0.3, 0.4) is 0 Å². The zero-order valence-corrected chi connectivity index (χ0v) is 17.4. The Hall–Kier alpha value is -2.90. The number of ether oxygens (including phenoxy) is 3. The maximum absolute atomic E-state index is 13.3. The van der Waals surface area contributed by atoms with E-state index in [-0.39, 0.29) is 11.9 Å². The number of carbonyl (C=O) groups is 1. The van der Waals surface area contributed by atoms with Crippen molar-refractivity contribution in [2.45, 2.75) is 12.5 Å². The second-order valence-electron chi connectivity index (χ2n) is 7.37. The Bertz CT molecular complexity index is 910. The predicted molar refractivity (Wildman–Crippen MR) is 114 cm³/mol. The van der Waals surface area contributed by atoms with Gasteiger partial charge in [-0.25, -0.2) is 5.01 Å². The molecule has 0 aliphatic carbocycles. The highest BCUT2D eigenvalue weighted by Crippen LogP contribution is 2.39. The van der Waals surface area contributed by atoms with Crippen LogP contribution in [0, 0.1) is 0 Å². The van der Waals surface area contributed by atoms with Gasteiger partial charge in [-0.2, -0.15) is 5.10 Å². The molecule has 2 aromatic rings. The molecule has 1 unspecified atom stereocenters. The van der Waals surface area contributed by atoms with Crippen LogP contribution in [0.5, 0.6) is 11.5 Å². The molecule has 2 aliphatic heterocycles. The van der Waals surface area contributed by atoms with Crippen LogP contribution in [0.25, 0.3) is 0 Å². The van der Waals surface area contributed by atoms with Crippen LogP contribution in [-0.4, -0.2) is 68.6 Å². The Morgan fingerprint density at radius 3 is 2.57 bits per heavy atom. The Labute approximate surface area is 176 Å². The number of methoxy groups -OCH3 is 2. The topological polar surface area (TPSA) is 63.6 Å². The van der Waals surface area contributed by atoms with Gasteiger partial charge in [-0.3, -0.25) is 9.69 Å². The van der Waals surface area contributed by atoms with Crippen molar-refractivity contribution in [3.8, 4) is 11.5 Å². The third-order valence-electron chi connectivity index (χ3n) is 5.53. The van der Waals surface area contributed by atoms with Crippen LogP contribution in [-0.2, 0) is 9.53 Å². The summed E-state index contributed by atoms with van der Waals surface area (Å²) in [5.41, 5.74) is 2.80. The van der Waals surface area contributed by atoms with E-state index in [1.165, 1.54) is 0 Å². The molecule has 0 N–H and O–H groups in total. The molecule has 1 atom stereocenters. The van der Waals surface area contributed by atoms with Crippen molar-refractivity contribution in [1.82, 2.24) is 9.91 Å². The molecule has 1 saturated heterocycles. The molecule has 0 radical (unpaired) electrons. The maximum atomic E-state index is 13.3. The van der Waals surface area contributed by atoms with Crippen molar-refractivity contribution in [1.29, 1.82) is 0 Å². The molecule has 2 aliphatic rings. The Kier molecular flexibility index (Phi) is 6.30. The summed E-state index contributed by atoms with van der Waals surface area (Å²) in [6.07, 6.45) is 0.613. The highest BCUT2D eigenvalue weighted by Gasteiger charge is 2.35. The minimum atomic E-state index is -0.251. The summed E-state index contributed by atoms with van der Waals surface area (Å²) < 4.78 is 16.4. The second kappa shape index (κ2) is 9.28. The normalized spacial score (nSPS) is 19.5. The summed E-state index contributed by atoms with van der Waals surface area (Å²) in [5.74, 6) is 1.41. The lowest BCUT2D eigenvalue weighted by molar-refractivity contribution is -0.135. The predicted octanol–water partition coefficient (Wildman–Crippen LogP) is 2.71. The first-order valence-corrected chi connectivity index (χ1v) is 10.2. The van der Waals surface area contributed by atoms with E-state index in [1.807, 2.05) is 48.5 Å². The minimum Gasteiger partial charge on any atom is -0.497 e. The van der Waals surface area contributed by atoms with Gasteiger partial charge in [0.2, 0.25) is 0 Å². The number of rotatable bonds is 6. The van der Waals surface area contributed by atoms with Gasteiger partial charge in [-0.05, 0) is 23.8 Å². The van der Waals surface area contributed by atoms with Crippen molar-refractivity contribution in [2.75, 3.05) is 47.1 Å². The Morgan fingerprint density at radius 2 is 1.87 bits per heavy atom. The third-order valence-corrected chi connectivity index (χ3v) is 5.53. The quantitative estimate of drug-likeness (QED) is 0.734. The number of hydrazone groups is 1. The summed E-state index contributed by atoms with van der Waals surface area (Å²) in [6.45, 7) is 3.12. The zero-order valence-electron chi connectivity index (χ0n) is 17.4. The molecule has 7 nitrogen and oxygen atoms in total. The molecule has 0 saturated carbocycles. The summed E-state index contributed by atoms with van der Waals surface area (Å²) in [4.78, 5) is 15.4. The van der Waals surface area contributed by atoms with Gasteiger partial charge in [0.1, 0.15) is 11.5 Å². The lowest BCUT2D eigenvalue weighted by atomic mass is 9.97. The largest absolute Gasteiger partial charge is 0.497 e. The number of carbonyl (C=O) groups excluding carboxylic acids is 1. The molecule has 0 spiro atoms. The van der Waals surface area contributed by atoms with Crippen molar-refractivity contribution < 1.29 is 19.0 Å². The van der Waals surface area contributed by atoms with Crippen LogP contribution >= 0.6 is 0 Å². The van der Waals surface area contributed by atoms with Gasteiger partial charge < -0.3 is 14.2 Å². The minimum absolute atomic E-state index is 0.0299. The highest BCUT2D eigenvalue weighted by atomic mass is 16.5. The van der Waals surface area contributed by atoms with Crippen LogP contribution < -0.4 is 9.47 Å². The summed E-state index contributed by atoms with van der Waals surface area (Å²) in [7, 11) is 3.27. The van der Waals surface area contributed by atoms with Gasteiger partial charge in [-0.15, -0.1) is 0 Å². The van der Waals surface area contributed by atoms with E-state index in [9.17, 15) is 4.79 Å². The fourth-order valence-corrected chi connectivity index (χ4v) is 3.91. The molecule has 2 heterocycles. The van der Waals surface area contributed by atoms with Crippen molar-refractivity contribution in [3.05, 3.63) is 59.7 Å². The smallest absolute Gasteiger partial charge is 0.257 e. The number of benzene rings is 2. The number of hydrogen-bond acceptors (Lipinski definition) is 6. The molecule has 1 amide bonds. The van der Waals surface area contributed by atoms with Crippen molar-refractivity contribution in [3.63, 3.8) is 0 Å². The van der Waals surface area contributed by atoms with Gasteiger partial charge in [0.15, 0.2) is 0 Å². The molecular weight excluding hydrogens is 382 g/mol. The maximum Gasteiger partial charge on any atom is 0.257 e. The first kappa shape index (κ1) is 20.4. The number of nitrogens with zero attached hydrogens (tertiary/aromatic N) is 3. The van der Waals surface area contributed by atoms with Gasteiger partial charge >= 0.3 is 0 Å². The number of amides is 1. The van der Waals surface area contributed by atoms with Gasteiger partial charge in [0.25, 0.3) is 5.91 Å². The third kappa shape index (κ3) is 4.32. The van der Waals surface area contributed by atoms with Crippen LogP contribution in [0.15, 0.2) is 53.6 Å². The van der Waals surface area contributed by atoms with E-state index in [2.05, 4.69) is 4.90 Å². The van der Waals surface area contributed by atoms with E-state index in [0.717, 1.165) is 41.4 Å². The van der Waals surface area contributed by atoms with E-state index in [1.54, 1.807) is 19.2 Å². The number of hydrogen-bond donors (Lipinski definition) is 0. The van der Waals surface area contributed by atoms with Gasteiger partial charge in [-0.1, -0.05) is 30.3 Å². The van der Waals surface area contributed by atoms with Crippen molar-refractivity contribution in [2.24, 2.45) is 5.10 Å². The molecule has 0 bridgehead atoms. The lowest BCUT2D eigenvalue weighted by Gasteiger charge is -2.29. The summed E-state index contributed by atoms with van der Waals surface area (Å²) in [6, 6.07) is 15.4.